The summed E-state index contributed by atoms with van der Waals surface area (Å²) in [5, 5.41) is 2.78. The molecule has 2 aliphatic rings. The third-order valence-corrected chi connectivity index (χ3v) is 5.11. The van der Waals surface area contributed by atoms with Gasteiger partial charge in [0.05, 0.1) is 0 Å². The van der Waals surface area contributed by atoms with Gasteiger partial charge < -0.3 is 15.2 Å². The van der Waals surface area contributed by atoms with Crippen molar-refractivity contribution in [3.63, 3.8) is 0 Å². The van der Waals surface area contributed by atoms with E-state index < -0.39 is 0 Å². The highest BCUT2D eigenvalue weighted by atomic mass is 19.1. The molecule has 0 spiro atoms. The summed E-state index contributed by atoms with van der Waals surface area (Å²) < 4.78 is 14.4. The fraction of sp³-hybridized carbons (Fsp3) is 0.400. The number of hydrogen-bond acceptors (Lipinski definition) is 3. The van der Waals surface area contributed by atoms with Crippen molar-refractivity contribution in [2.24, 2.45) is 0 Å². The van der Waals surface area contributed by atoms with Crippen LogP contribution in [0.2, 0.25) is 0 Å². The average Bonchev–Trinajstić information content (AvgIpc) is 3.34. The molecule has 4 rings (SSSR count). The van der Waals surface area contributed by atoms with Crippen molar-refractivity contribution >= 4 is 11.6 Å². The second-order valence-electron chi connectivity index (χ2n) is 7.08. The summed E-state index contributed by atoms with van der Waals surface area (Å²) in [5.41, 5.74) is 2.20. The van der Waals surface area contributed by atoms with Crippen LogP contribution in [0.25, 0.3) is 0 Å². The molecule has 6 heteroatoms. The first-order chi connectivity index (χ1) is 12.6. The van der Waals surface area contributed by atoms with Gasteiger partial charge in [-0.05, 0) is 49.8 Å². The van der Waals surface area contributed by atoms with E-state index >= 15 is 0 Å². The van der Waals surface area contributed by atoms with Gasteiger partial charge in [0.2, 0.25) is 5.56 Å². The molecule has 136 valence electrons. The Morgan fingerprint density at radius 3 is 2.73 bits per heavy atom. The number of carbonyl (C=O) groups is 1. The van der Waals surface area contributed by atoms with E-state index in [1.165, 1.54) is 12.1 Å². The van der Waals surface area contributed by atoms with Crippen LogP contribution in [-0.2, 0) is 6.54 Å². The molecule has 1 aliphatic carbocycles. The smallest absolute Gasteiger partial charge is 0.251 e. The summed E-state index contributed by atoms with van der Waals surface area (Å²) in [6.07, 6.45) is 4.27. The third-order valence-electron chi connectivity index (χ3n) is 5.11. The van der Waals surface area contributed by atoms with E-state index in [0.29, 0.717) is 17.0 Å². The van der Waals surface area contributed by atoms with Crippen LogP contribution >= 0.6 is 0 Å². The van der Waals surface area contributed by atoms with Crippen molar-refractivity contribution < 1.29 is 9.18 Å². The Labute approximate surface area is 151 Å². The molecule has 0 radical (unpaired) electrons. The molecule has 0 bridgehead atoms. The number of aromatic nitrogens is 1. The molecular weight excluding hydrogens is 333 g/mol. The van der Waals surface area contributed by atoms with Gasteiger partial charge in [0.25, 0.3) is 5.91 Å². The van der Waals surface area contributed by atoms with Crippen molar-refractivity contribution in [1.29, 1.82) is 0 Å². The SMILES string of the molecule is O=C(NCc1c(F)cccc1N1CCCC1)c1cc(C2CC2)[nH]c(=O)c1. The molecule has 0 atom stereocenters. The number of pyridine rings is 1. The first kappa shape index (κ1) is 16.8. The number of anilines is 1. The van der Waals surface area contributed by atoms with E-state index in [1.54, 1.807) is 12.1 Å². The lowest BCUT2D eigenvalue weighted by molar-refractivity contribution is 0.0950. The molecular formula is C20H22FN3O2. The van der Waals surface area contributed by atoms with Gasteiger partial charge in [0.1, 0.15) is 5.82 Å². The van der Waals surface area contributed by atoms with Crippen LogP contribution in [0.4, 0.5) is 10.1 Å². The predicted octanol–water partition coefficient (Wildman–Crippen LogP) is 2.92. The molecule has 2 aromatic rings. The Morgan fingerprint density at radius 2 is 2.00 bits per heavy atom. The highest BCUT2D eigenvalue weighted by Gasteiger charge is 2.25. The second kappa shape index (κ2) is 6.94. The number of carbonyl (C=O) groups excluding carboxylic acids is 1. The van der Waals surface area contributed by atoms with Crippen molar-refractivity contribution in [3.05, 3.63) is 63.3 Å². The van der Waals surface area contributed by atoms with Crippen LogP contribution in [0.1, 0.15) is 53.2 Å². The third kappa shape index (κ3) is 3.49. The lowest BCUT2D eigenvalue weighted by atomic mass is 10.1. The number of benzene rings is 1. The zero-order chi connectivity index (χ0) is 18.1. The van der Waals surface area contributed by atoms with Crippen LogP contribution < -0.4 is 15.8 Å². The Balaban J connectivity index is 1.52. The number of nitrogens with zero attached hydrogens (tertiary/aromatic N) is 1. The minimum Gasteiger partial charge on any atom is -0.371 e. The second-order valence-corrected chi connectivity index (χ2v) is 7.08. The number of nitrogens with one attached hydrogen (secondary N) is 2. The summed E-state index contributed by atoms with van der Waals surface area (Å²) in [5.74, 6) is -0.323. The van der Waals surface area contributed by atoms with Crippen molar-refractivity contribution in [2.45, 2.75) is 38.1 Å². The molecule has 2 N–H and O–H groups in total. The van der Waals surface area contributed by atoms with Crippen LogP contribution in [-0.4, -0.2) is 24.0 Å². The molecule has 1 aromatic heterocycles. The largest absolute Gasteiger partial charge is 0.371 e. The van der Waals surface area contributed by atoms with E-state index in [4.69, 9.17) is 0 Å². The highest BCUT2D eigenvalue weighted by molar-refractivity contribution is 5.94. The minimum atomic E-state index is -0.353. The van der Waals surface area contributed by atoms with Gasteiger partial charge >= 0.3 is 0 Å². The Bertz CT molecular complexity index is 883. The summed E-state index contributed by atoms with van der Waals surface area (Å²) in [7, 11) is 0. The van der Waals surface area contributed by atoms with Gasteiger partial charge in [-0.3, -0.25) is 9.59 Å². The van der Waals surface area contributed by atoms with E-state index in [2.05, 4.69) is 15.2 Å². The van der Waals surface area contributed by atoms with Gasteiger partial charge in [0, 0.05) is 48.2 Å². The minimum absolute atomic E-state index is 0.100. The number of H-pyrrole nitrogens is 1. The molecule has 1 amide bonds. The Hall–Kier alpha value is -2.63. The summed E-state index contributed by atoms with van der Waals surface area (Å²) in [4.78, 5) is 29.3. The fourth-order valence-corrected chi connectivity index (χ4v) is 3.56. The molecule has 1 saturated carbocycles. The van der Waals surface area contributed by atoms with Crippen LogP contribution in [0.5, 0.6) is 0 Å². The van der Waals surface area contributed by atoms with E-state index in [9.17, 15) is 14.0 Å². The number of rotatable bonds is 5. The van der Waals surface area contributed by atoms with Crippen LogP contribution in [0, 0.1) is 5.82 Å². The lowest BCUT2D eigenvalue weighted by Crippen LogP contribution is -2.27. The monoisotopic (exact) mass is 355 g/mol. The predicted molar refractivity (Wildman–Crippen MR) is 98.1 cm³/mol. The van der Waals surface area contributed by atoms with Crippen LogP contribution in [0.3, 0.4) is 0 Å². The van der Waals surface area contributed by atoms with Gasteiger partial charge in [-0.1, -0.05) is 6.07 Å². The Morgan fingerprint density at radius 1 is 1.23 bits per heavy atom. The zero-order valence-electron chi connectivity index (χ0n) is 14.6. The molecule has 2 fully saturated rings. The molecule has 2 heterocycles. The topological polar surface area (TPSA) is 65.2 Å². The molecule has 0 unspecified atom stereocenters. The first-order valence-corrected chi connectivity index (χ1v) is 9.16. The standard InChI is InChI=1S/C20H22FN3O2/c21-16-4-3-5-18(24-8-1-2-9-24)15(16)12-22-20(26)14-10-17(13-6-7-13)23-19(25)11-14/h3-5,10-11,13H,1-2,6-9,12H2,(H,22,26)(H,23,25). The van der Waals surface area contributed by atoms with Crippen molar-refractivity contribution in [1.82, 2.24) is 10.3 Å². The average molecular weight is 355 g/mol. The zero-order valence-corrected chi connectivity index (χ0v) is 14.6. The Kier molecular flexibility index (Phi) is 4.49. The molecule has 26 heavy (non-hydrogen) atoms. The summed E-state index contributed by atoms with van der Waals surface area (Å²) in [6, 6.07) is 8.04. The lowest BCUT2D eigenvalue weighted by Gasteiger charge is -2.22. The van der Waals surface area contributed by atoms with E-state index in [0.717, 1.165) is 50.2 Å². The van der Waals surface area contributed by atoms with Gasteiger partial charge in [-0.25, -0.2) is 4.39 Å². The van der Waals surface area contributed by atoms with Gasteiger partial charge in [-0.2, -0.15) is 0 Å². The fourth-order valence-electron chi connectivity index (χ4n) is 3.56. The number of aromatic amines is 1. The quantitative estimate of drug-likeness (QED) is 0.867. The molecule has 5 nitrogen and oxygen atoms in total. The van der Waals surface area contributed by atoms with Crippen molar-refractivity contribution in [2.75, 3.05) is 18.0 Å². The summed E-state index contributed by atoms with van der Waals surface area (Å²) in [6.45, 7) is 1.91. The molecule has 1 saturated heterocycles. The maximum atomic E-state index is 14.4. The van der Waals surface area contributed by atoms with Gasteiger partial charge in [0.15, 0.2) is 0 Å². The first-order valence-electron chi connectivity index (χ1n) is 9.16. The van der Waals surface area contributed by atoms with E-state index in [1.807, 2.05) is 6.07 Å². The molecule has 1 aromatic carbocycles. The van der Waals surface area contributed by atoms with E-state index in [-0.39, 0.29) is 23.8 Å². The number of hydrogen-bond donors (Lipinski definition) is 2. The normalized spacial score (nSPS) is 16.7. The van der Waals surface area contributed by atoms with Crippen molar-refractivity contribution in [3.8, 4) is 0 Å². The summed E-state index contributed by atoms with van der Waals surface area (Å²) >= 11 is 0. The van der Waals surface area contributed by atoms with Gasteiger partial charge in [-0.15, -0.1) is 0 Å². The maximum absolute atomic E-state index is 14.4. The number of halogens is 1. The maximum Gasteiger partial charge on any atom is 0.251 e. The van der Waals surface area contributed by atoms with Crippen LogP contribution in [0.15, 0.2) is 35.1 Å². The number of amides is 1. The molecule has 1 aliphatic heterocycles. The highest BCUT2D eigenvalue weighted by Crippen LogP contribution is 2.38.